The molecule has 0 atom stereocenters. The zero-order chi connectivity index (χ0) is 21.3. The predicted molar refractivity (Wildman–Crippen MR) is 109 cm³/mol. The normalized spacial score (nSPS) is 17.9. The van der Waals surface area contributed by atoms with Crippen LogP contribution < -0.4 is 0 Å². The minimum atomic E-state index is -0.536. The molecule has 3 amide bonds. The van der Waals surface area contributed by atoms with Gasteiger partial charge in [0.15, 0.2) is 0 Å². The van der Waals surface area contributed by atoms with E-state index >= 15 is 0 Å². The van der Waals surface area contributed by atoms with Crippen molar-refractivity contribution in [3.8, 4) is 11.3 Å². The fourth-order valence-corrected chi connectivity index (χ4v) is 4.14. The van der Waals surface area contributed by atoms with Crippen molar-refractivity contribution in [1.82, 2.24) is 9.80 Å². The fraction of sp³-hybridized carbons (Fsp3) is 0.250. The molecule has 154 valence electrons. The molecule has 2 aliphatic heterocycles. The van der Waals surface area contributed by atoms with Crippen molar-refractivity contribution in [2.75, 3.05) is 19.6 Å². The average Bonchev–Trinajstić information content (AvgIpc) is 3.47. The van der Waals surface area contributed by atoms with Gasteiger partial charge in [-0.2, -0.15) is 0 Å². The number of carbonyl (C=O) groups excluding carboxylic acids is 3. The number of nitro benzene ring substituents is 1. The highest BCUT2D eigenvalue weighted by atomic mass is 32.2. The number of nitrogens with zero attached hydrogens (tertiary/aromatic N) is 3. The summed E-state index contributed by atoms with van der Waals surface area (Å²) in [6, 6.07) is 9.24. The van der Waals surface area contributed by atoms with E-state index in [1.807, 2.05) is 0 Å². The zero-order valence-corrected chi connectivity index (χ0v) is 16.6. The molecule has 1 aromatic carbocycles. The second-order valence-corrected chi connectivity index (χ2v) is 7.86. The molecular weight excluding hydrogens is 410 g/mol. The Hall–Kier alpha value is -3.40. The van der Waals surface area contributed by atoms with Gasteiger partial charge in [-0.1, -0.05) is 12.1 Å². The molecule has 0 aliphatic carbocycles. The van der Waals surface area contributed by atoms with Crippen molar-refractivity contribution in [3.63, 3.8) is 0 Å². The number of amides is 3. The maximum absolute atomic E-state index is 12.6. The second-order valence-electron chi connectivity index (χ2n) is 6.87. The Labute approximate surface area is 175 Å². The van der Waals surface area contributed by atoms with Gasteiger partial charge in [0.2, 0.25) is 5.91 Å². The molecule has 0 N–H and O–H groups in total. The molecule has 1 aromatic heterocycles. The molecule has 0 spiro atoms. The van der Waals surface area contributed by atoms with Gasteiger partial charge in [0.1, 0.15) is 18.1 Å². The molecule has 2 aliphatic rings. The second kappa shape index (κ2) is 8.15. The van der Waals surface area contributed by atoms with Crippen LogP contribution in [0, 0.1) is 10.1 Å². The summed E-state index contributed by atoms with van der Waals surface area (Å²) in [6.45, 7) is 1.04. The van der Waals surface area contributed by atoms with Crippen LogP contribution in [0.15, 0.2) is 45.7 Å². The fourth-order valence-electron chi connectivity index (χ4n) is 3.33. The Bertz CT molecular complexity index is 1070. The van der Waals surface area contributed by atoms with E-state index < -0.39 is 16.1 Å². The van der Waals surface area contributed by atoms with Crippen LogP contribution in [0.4, 0.5) is 10.5 Å². The van der Waals surface area contributed by atoms with E-state index in [0.717, 1.165) is 29.5 Å². The Morgan fingerprint density at radius 1 is 1.20 bits per heavy atom. The maximum atomic E-state index is 12.6. The third-order valence-corrected chi connectivity index (χ3v) is 5.77. The maximum Gasteiger partial charge on any atom is 0.294 e. The predicted octanol–water partition coefficient (Wildman–Crippen LogP) is 3.51. The van der Waals surface area contributed by atoms with Gasteiger partial charge in [0.25, 0.3) is 16.8 Å². The number of carbonyl (C=O) groups is 3. The molecule has 3 heterocycles. The lowest BCUT2D eigenvalue weighted by Crippen LogP contribution is -2.40. The molecule has 30 heavy (non-hydrogen) atoms. The highest BCUT2D eigenvalue weighted by molar-refractivity contribution is 8.18. The number of likely N-dealkylation sites (tertiary alicyclic amines) is 1. The van der Waals surface area contributed by atoms with Gasteiger partial charge in [-0.3, -0.25) is 29.4 Å². The minimum absolute atomic E-state index is 0.0609. The van der Waals surface area contributed by atoms with Crippen molar-refractivity contribution >= 4 is 40.6 Å². The first-order valence-corrected chi connectivity index (χ1v) is 10.1. The largest absolute Gasteiger partial charge is 0.457 e. The first-order chi connectivity index (χ1) is 14.4. The number of benzene rings is 1. The molecule has 0 unspecified atom stereocenters. The van der Waals surface area contributed by atoms with Crippen LogP contribution in [-0.2, 0) is 9.59 Å². The van der Waals surface area contributed by atoms with E-state index in [9.17, 15) is 24.5 Å². The summed E-state index contributed by atoms with van der Waals surface area (Å²) in [5.74, 6) is -0.0471. The van der Waals surface area contributed by atoms with E-state index in [2.05, 4.69) is 0 Å². The van der Waals surface area contributed by atoms with E-state index in [-0.39, 0.29) is 23.0 Å². The Morgan fingerprint density at radius 3 is 2.70 bits per heavy atom. The number of hydrogen-bond donors (Lipinski definition) is 0. The Balaban J connectivity index is 1.49. The summed E-state index contributed by atoms with van der Waals surface area (Å²) < 4.78 is 5.68. The van der Waals surface area contributed by atoms with Crippen LogP contribution in [0.3, 0.4) is 0 Å². The van der Waals surface area contributed by atoms with Crippen LogP contribution in [0.5, 0.6) is 0 Å². The van der Waals surface area contributed by atoms with Gasteiger partial charge < -0.3 is 9.32 Å². The quantitative estimate of drug-likeness (QED) is 0.407. The van der Waals surface area contributed by atoms with Crippen LogP contribution in [0.1, 0.15) is 18.6 Å². The lowest BCUT2D eigenvalue weighted by atomic mass is 10.1. The first kappa shape index (κ1) is 19.9. The number of imide groups is 1. The zero-order valence-electron chi connectivity index (χ0n) is 15.8. The molecule has 0 saturated carbocycles. The molecule has 2 aromatic rings. The summed E-state index contributed by atoms with van der Waals surface area (Å²) >= 11 is 0.751. The van der Waals surface area contributed by atoms with Gasteiger partial charge in [-0.15, -0.1) is 0 Å². The number of rotatable bonds is 5. The lowest BCUT2D eigenvalue weighted by molar-refractivity contribution is -0.384. The van der Waals surface area contributed by atoms with Crippen molar-refractivity contribution < 1.29 is 23.7 Å². The summed E-state index contributed by atoms with van der Waals surface area (Å²) in [5, 5.41) is 10.4. The van der Waals surface area contributed by atoms with E-state index in [1.165, 1.54) is 18.2 Å². The molecule has 4 rings (SSSR count). The van der Waals surface area contributed by atoms with Crippen LogP contribution in [0.2, 0.25) is 0 Å². The molecule has 9 nitrogen and oxygen atoms in total. The van der Waals surface area contributed by atoms with Crippen LogP contribution in [0.25, 0.3) is 17.4 Å². The van der Waals surface area contributed by atoms with E-state index in [4.69, 9.17) is 4.42 Å². The number of non-ortho nitro benzene ring substituents is 1. The summed E-state index contributed by atoms with van der Waals surface area (Å²) in [5.41, 5.74) is 0.461. The van der Waals surface area contributed by atoms with Gasteiger partial charge >= 0.3 is 0 Å². The highest BCUT2D eigenvalue weighted by Gasteiger charge is 2.37. The number of furan rings is 1. The van der Waals surface area contributed by atoms with Crippen molar-refractivity contribution in [1.29, 1.82) is 0 Å². The highest BCUT2D eigenvalue weighted by Crippen LogP contribution is 2.33. The third kappa shape index (κ3) is 3.99. The molecule has 0 bridgehead atoms. The SMILES string of the molecule is O=C(CN1C(=O)S/C(=C\c2ccc(-c3cccc([N+](=O)[O-])c3)o2)C1=O)N1CCCC1. The van der Waals surface area contributed by atoms with Gasteiger partial charge in [-0.05, 0) is 36.7 Å². The van der Waals surface area contributed by atoms with E-state index in [1.54, 1.807) is 29.2 Å². The summed E-state index contributed by atoms with van der Waals surface area (Å²) in [7, 11) is 0. The Morgan fingerprint density at radius 2 is 1.97 bits per heavy atom. The monoisotopic (exact) mass is 427 g/mol. The molecule has 10 heteroatoms. The van der Waals surface area contributed by atoms with E-state index in [0.29, 0.717) is 30.2 Å². The standard InChI is InChI=1S/C20H17N3O6S/c24-18(21-8-1-2-9-21)12-22-19(25)17(30-20(22)26)11-15-6-7-16(29-15)13-4-3-5-14(10-13)23(27)28/h3-7,10-11H,1-2,8-9,12H2/b17-11-. The Kier molecular flexibility index (Phi) is 5.40. The summed E-state index contributed by atoms with van der Waals surface area (Å²) in [6.07, 6.45) is 3.30. The molecule has 2 saturated heterocycles. The smallest absolute Gasteiger partial charge is 0.294 e. The van der Waals surface area contributed by atoms with Gasteiger partial charge in [0.05, 0.1) is 9.83 Å². The van der Waals surface area contributed by atoms with Crippen molar-refractivity contribution in [2.24, 2.45) is 0 Å². The topological polar surface area (TPSA) is 114 Å². The van der Waals surface area contributed by atoms with Crippen molar-refractivity contribution in [2.45, 2.75) is 12.8 Å². The minimum Gasteiger partial charge on any atom is -0.457 e. The number of nitro groups is 1. The molecular formula is C20H17N3O6S. The summed E-state index contributed by atoms with van der Waals surface area (Å²) in [4.78, 5) is 50.3. The molecule has 2 fully saturated rings. The van der Waals surface area contributed by atoms with Gasteiger partial charge in [0, 0.05) is 36.9 Å². The van der Waals surface area contributed by atoms with Gasteiger partial charge in [-0.25, -0.2) is 0 Å². The van der Waals surface area contributed by atoms with Crippen molar-refractivity contribution in [3.05, 3.63) is 57.2 Å². The first-order valence-electron chi connectivity index (χ1n) is 9.30. The number of thioether (sulfide) groups is 1. The lowest BCUT2D eigenvalue weighted by Gasteiger charge is -2.18. The molecule has 0 radical (unpaired) electrons. The average molecular weight is 427 g/mol. The van der Waals surface area contributed by atoms with Crippen LogP contribution >= 0.6 is 11.8 Å². The van der Waals surface area contributed by atoms with Crippen LogP contribution in [-0.4, -0.2) is 51.4 Å². The number of hydrogen-bond acceptors (Lipinski definition) is 7. The third-order valence-electron chi connectivity index (χ3n) is 4.87.